The quantitative estimate of drug-likeness (QED) is 0.783. The van der Waals surface area contributed by atoms with Crippen LogP contribution in [0.1, 0.15) is 24.2 Å². The minimum atomic E-state index is -0.516. The molecule has 0 saturated heterocycles. The number of pyridine rings is 1. The van der Waals surface area contributed by atoms with Crippen molar-refractivity contribution in [1.82, 2.24) is 10.3 Å². The number of hydrogen-bond acceptors (Lipinski definition) is 4. The molecule has 0 saturated carbocycles. The monoisotopic (exact) mass is 254 g/mol. The van der Waals surface area contributed by atoms with Crippen LogP contribution in [0.5, 0.6) is 0 Å². The lowest BCUT2D eigenvalue weighted by atomic mass is 10.1. The second-order valence-electron chi connectivity index (χ2n) is 4.11. The summed E-state index contributed by atoms with van der Waals surface area (Å²) in [5, 5.41) is 13.1. The molecule has 1 aromatic rings. The van der Waals surface area contributed by atoms with Gasteiger partial charge in [0, 0.05) is 12.7 Å². The molecule has 0 aliphatic rings. The minimum absolute atomic E-state index is 0.132. The number of rotatable bonds is 5. The molecule has 1 atom stereocenters. The van der Waals surface area contributed by atoms with Gasteiger partial charge in [-0.25, -0.2) is 4.98 Å². The van der Waals surface area contributed by atoms with E-state index in [0.717, 1.165) is 5.03 Å². The van der Waals surface area contributed by atoms with Gasteiger partial charge in [0.2, 0.25) is 0 Å². The number of aliphatic hydroxyl groups is 1. The van der Waals surface area contributed by atoms with Gasteiger partial charge in [0.25, 0.3) is 5.91 Å². The zero-order valence-corrected chi connectivity index (χ0v) is 11.1. The molecule has 1 aromatic heterocycles. The molecule has 0 spiro atoms. The Morgan fingerprint density at radius 3 is 2.71 bits per heavy atom. The van der Waals surface area contributed by atoms with E-state index in [1.807, 2.05) is 20.1 Å². The van der Waals surface area contributed by atoms with Gasteiger partial charge in [0.15, 0.2) is 0 Å². The largest absolute Gasteiger partial charge is 0.391 e. The summed E-state index contributed by atoms with van der Waals surface area (Å²) >= 11 is 1.53. The van der Waals surface area contributed by atoms with Crippen molar-refractivity contribution in [1.29, 1.82) is 0 Å². The summed E-state index contributed by atoms with van der Waals surface area (Å²) in [5.41, 5.74) is 0.513. The average molecular weight is 254 g/mol. The van der Waals surface area contributed by atoms with Crippen LogP contribution in [0.2, 0.25) is 0 Å². The zero-order valence-electron chi connectivity index (χ0n) is 10.3. The average Bonchev–Trinajstić information content (AvgIpc) is 2.35. The first-order chi connectivity index (χ1) is 8.04. The van der Waals surface area contributed by atoms with E-state index in [2.05, 4.69) is 10.3 Å². The van der Waals surface area contributed by atoms with Crippen LogP contribution in [0.3, 0.4) is 0 Å². The van der Waals surface area contributed by atoms with Gasteiger partial charge in [-0.05, 0) is 24.3 Å². The second kappa shape index (κ2) is 6.61. The molecule has 1 heterocycles. The van der Waals surface area contributed by atoms with E-state index in [4.69, 9.17) is 0 Å². The molecule has 1 unspecified atom stereocenters. The van der Waals surface area contributed by atoms with Crippen LogP contribution in [0.4, 0.5) is 0 Å². The van der Waals surface area contributed by atoms with Crippen LogP contribution < -0.4 is 5.32 Å². The lowest BCUT2D eigenvalue weighted by Gasteiger charge is -2.14. The fourth-order valence-electron chi connectivity index (χ4n) is 1.17. The van der Waals surface area contributed by atoms with Gasteiger partial charge in [0.1, 0.15) is 0 Å². The fraction of sp³-hybridized carbons (Fsp3) is 0.500. The van der Waals surface area contributed by atoms with E-state index >= 15 is 0 Å². The Balaban J connectivity index is 2.52. The second-order valence-corrected chi connectivity index (χ2v) is 4.94. The van der Waals surface area contributed by atoms with Crippen LogP contribution in [-0.2, 0) is 0 Å². The predicted octanol–water partition coefficient (Wildman–Crippen LogP) is 1.55. The molecule has 0 aliphatic carbocycles. The van der Waals surface area contributed by atoms with Crippen molar-refractivity contribution < 1.29 is 9.90 Å². The standard InChI is InChI=1S/C12H18N2O2S/c1-8(2)10(15)7-14-12(16)9-4-5-11(17-3)13-6-9/h4-6,8,10,15H,7H2,1-3H3,(H,14,16). The molecular weight excluding hydrogens is 236 g/mol. The first-order valence-electron chi connectivity index (χ1n) is 5.51. The molecule has 1 amide bonds. The highest BCUT2D eigenvalue weighted by molar-refractivity contribution is 7.98. The molecule has 0 aromatic carbocycles. The number of thioether (sulfide) groups is 1. The van der Waals surface area contributed by atoms with Gasteiger partial charge < -0.3 is 10.4 Å². The van der Waals surface area contributed by atoms with Crippen LogP contribution in [0.15, 0.2) is 23.4 Å². The minimum Gasteiger partial charge on any atom is -0.391 e. The van der Waals surface area contributed by atoms with E-state index in [0.29, 0.717) is 5.56 Å². The number of aliphatic hydroxyl groups excluding tert-OH is 1. The smallest absolute Gasteiger partial charge is 0.252 e. The van der Waals surface area contributed by atoms with E-state index < -0.39 is 6.10 Å². The summed E-state index contributed by atoms with van der Waals surface area (Å²) < 4.78 is 0. The molecule has 17 heavy (non-hydrogen) atoms. The Hall–Kier alpha value is -1.07. The lowest BCUT2D eigenvalue weighted by molar-refractivity contribution is 0.0871. The van der Waals surface area contributed by atoms with Gasteiger partial charge in [0.05, 0.1) is 16.7 Å². The van der Waals surface area contributed by atoms with Crippen molar-refractivity contribution in [3.63, 3.8) is 0 Å². The third-order valence-electron chi connectivity index (χ3n) is 2.45. The molecule has 0 bridgehead atoms. The summed E-state index contributed by atoms with van der Waals surface area (Å²) in [6, 6.07) is 3.54. The number of amides is 1. The van der Waals surface area contributed by atoms with Gasteiger partial charge >= 0.3 is 0 Å². The van der Waals surface area contributed by atoms with E-state index in [1.165, 1.54) is 11.8 Å². The predicted molar refractivity (Wildman–Crippen MR) is 69.2 cm³/mol. The van der Waals surface area contributed by atoms with Gasteiger partial charge in [-0.2, -0.15) is 0 Å². The molecule has 2 N–H and O–H groups in total. The van der Waals surface area contributed by atoms with Gasteiger partial charge in [-0.15, -0.1) is 11.8 Å². The zero-order chi connectivity index (χ0) is 12.8. The third-order valence-corrected chi connectivity index (χ3v) is 3.11. The first kappa shape index (κ1) is 14.0. The van der Waals surface area contributed by atoms with Crippen LogP contribution in [0, 0.1) is 5.92 Å². The Bertz CT molecular complexity index is 365. The summed E-state index contributed by atoms with van der Waals surface area (Å²) in [6.45, 7) is 4.08. The van der Waals surface area contributed by atoms with Crippen molar-refractivity contribution in [3.05, 3.63) is 23.9 Å². The molecule has 4 nitrogen and oxygen atoms in total. The molecule has 5 heteroatoms. The van der Waals surface area contributed by atoms with Crippen molar-refractivity contribution >= 4 is 17.7 Å². The number of nitrogens with one attached hydrogen (secondary N) is 1. The highest BCUT2D eigenvalue weighted by Gasteiger charge is 2.12. The Kier molecular flexibility index (Phi) is 5.44. The van der Waals surface area contributed by atoms with E-state index in [9.17, 15) is 9.90 Å². The third kappa shape index (κ3) is 4.36. The summed E-state index contributed by atoms with van der Waals surface area (Å²) in [4.78, 5) is 15.8. The molecule has 1 rings (SSSR count). The molecule has 0 aliphatic heterocycles. The van der Waals surface area contributed by atoms with E-state index in [-0.39, 0.29) is 18.4 Å². The maximum Gasteiger partial charge on any atom is 0.252 e. The van der Waals surface area contributed by atoms with Crippen molar-refractivity contribution in [2.45, 2.75) is 25.0 Å². The van der Waals surface area contributed by atoms with Crippen LogP contribution in [-0.4, -0.2) is 34.9 Å². The summed E-state index contributed by atoms with van der Waals surface area (Å²) in [6.07, 6.45) is 2.96. The van der Waals surface area contributed by atoms with Crippen molar-refractivity contribution in [3.8, 4) is 0 Å². The maximum absolute atomic E-state index is 11.7. The highest BCUT2D eigenvalue weighted by Crippen LogP contribution is 2.11. The number of nitrogens with zero attached hydrogens (tertiary/aromatic N) is 1. The summed E-state index contributed by atoms with van der Waals surface area (Å²) in [5.74, 6) is -0.0721. The van der Waals surface area contributed by atoms with Crippen LogP contribution >= 0.6 is 11.8 Å². The summed E-state index contributed by atoms with van der Waals surface area (Å²) in [7, 11) is 0. The molecule has 0 fully saturated rings. The van der Waals surface area contributed by atoms with Crippen molar-refractivity contribution in [2.75, 3.05) is 12.8 Å². The van der Waals surface area contributed by atoms with E-state index in [1.54, 1.807) is 18.3 Å². The molecule has 0 radical (unpaired) electrons. The first-order valence-corrected chi connectivity index (χ1v) is 6.73. The number of carbonyl (C=O) groups is 1. The SMILES string of the molecule is CSc1ccc(C(=O)NCC(O)C(C)C)cn1. The maximum atomic E-state index is 11.7. The Morgan fingerprint density at radius 2 is 2.24 bits per heavy atom. The highest BCUT2D eigenvalue weighted by atomic mass is 32.2. The molecular formula is C12H18N2O2S. The van der Waals surface area contributed by atoms with Gasteiger partial charge in [-0.1, -0.05) is 13.8 Å². The van der Waals surface area contributed by atoms with Gasteiger partial charge in [-0.3, -0.25) is 4.79 Å². The fourth-order valence-corrected chi connectivity index (χ4v) is 1.53. The number of carbonyl (C=O) groups excluding carboxylic acids is 1. The Labute approximate surface area is 106 Å². The normalized spacial score (nSPS) is 12.5. The Morgan fingerprint density at radius 1 is 1.53 bits per heavy atom. The topological polar surface area (TPSA) is 62.2 Å². The lowest BCUT2D eigenvalue weighted by Crippen LogP contribution is -2.34. The molecule has 94 valence electrons. The van der Waals surface area contributed by atoms with Crippen LogP contribution in [0.25, 0.3) is 0 Å². The number of hydrogen-bond donors (Lipinski definition) is 2. The van der Waals surface area contributed by atoms with Crippen molar-refractivity contribution in [2.24, 2.45) is 5.92 Å². The number of aromatic nitrogens is 1.